The van der Waals surface area contributed by atoms with Gasteiger partial charge in [-0.15, -0.1) is 11.3 Å². The topological polar surface area (TPSA) is 91.3 Å². The van der Waals surface area contributed by atoms with Gasteiger partial charge in [0.15, 0.2) is 5.13 Å². The van der Waals surface area contributed by atoms with Crippen LogP contribution in [0.2, 0.25) is 5.02 Å². The summed E-state index contributed by atoms with van der Waals surface area (Å²) in [5, 5.41) is 14.3. The van der Waals surface area contributed by atoms with E-state index in [-0.39, 0.29) is 11.5 Å². The molecule has 0 aliphatic rings. The molecule has 1 aromatic heterocycles. The van der Waals surface area contributed by atoms with Gasteiger partial charge in [0.05, 0.1) is 17.2 Å². The molecule has 0 radical (unpaired) electrons. The molecule has 2 aromatic rings. The van der Waals surface area contributed by atoms with Crippen molar-refractivity contribution in [2.24, 2.45) is 0 Å². The predicted octanol–water partition coefficient (Wildman–Crippen LogP) is 2.03. The number of nitrogens with zero attached hydrogens (tertiary/aromatic N) is 1. The number of aliphatic hydroxyl groups excluding tert-OH is 1. The quantitative estimate of drug-likeness (QED) is 0.614. The molecule has 0 saturated carbocycles. The Bertz CT molecular complexity index is 762. The van der Waals surface area contributed by atoms with E-state index in [2.05, 4.69) is 15.0 Å². The molecule has 2 rings (SSSR count). The summed E-state index contributed by atoms with van der Waals surface area (Å²) >= 11 is 7.21. The van der Waals surface area contributed by atoms with E-state index in [0.29, 0.717) is 35.2 Å². The molecule has 0 aliphatic carbocycles. The smallest absolute Gasteiger partial charge is 0.263 e. The first-order valence-corrected chi connectivity index (χ1v) is 9.72. The number of sulfonamides is 1. The lowest BCUT2D eigenvalue weighted by Gasteiger charge is -2.09. The summed E-state index contributed by atoms with van der Waals surface area (Å²) in [5.74, 6) is 0. The summed E-state index contributed by atoms with van der Waals surface area (Å²) < 4.78 is 27.4. The molecule has 0 aliphatic heterocycles. The number of hydrogen-bond donors (Lipinski definition) is 3. The highest BCUT2D eigenvalue weighted by atomic mass is 35.5. The molecule has 1 aromatic carbocycles. The molecule has 0 saturated heterocycles. The normalized spacial score (nSPS) is 11.6. The Morgan fingerprint density at radius 1 is 1.35 bits per heavy atom. The van der Waals surface area contributed by atoms with E-state index < -0.39 is 10.0 Å². The predicted molar refractivity (Wildman–Crippen MR) is 92.8 cm³/mol. The van der Waals surface area contributed by atoms with Crippen molar-refractivity contribution in [3.8, 4) is 0 Å². The largest absolute Gasteiger partial charge is 0.395 e. The molecule has 0 bridgehead atoms. The molecule has 3 N–H and O–H groups in total. The van der Waals surface area contributed by atoms with Crippen LogP contribution in [0.3, 0.4) is 0 Å². The lowest BCUT2D eigenvalue weighted by Crippen LogP contribution is -2.21. The highest BCUT2D eigenvalue weighted by Crippen LogP contribution is 2.26. The lowest BCUT2D eigenvalue weighted by atomic mass is 10.2. The van der Waals surface area contributed by atoms with E-state index >= 15 is 0 Å². The number of rotatable bonds is 8. The van der Waals surface area contributed by atoms with Gasteiger partial charge in [0.2, 0.25) is 0 Å². The molecule has 0 amide bonds. The van der Waals surface area contributed by atoms with Crippen LogP contribution in [-0.4, -0.2) is 38.2 Å². The zero-order valence-electron chi connectivity index (χ0n) is 12.5. The molecule has 9 heteroatoms. The summed E-state index contributed by atoms with van der Waals surface area (Å²) in [7, 11) is -3.72. The third-order valence-corrected chi connectivity index (χ3v) is 5.96. The van der Waals surface area contributed by atoms with Gasteiger partial charge in [-0.1, -0.05) is 17.7 Å². The van der Waals surface area contributed by atoms with Crippen LogP contribution in [-0.2, 0) is 16.4 Å². The van der Waals surface area contributed by atoms with E-state index in [0.717, 1.165) is 5.69 Å². The van der Waals surface area contributed by atoms with Gasteiger partial charge in [0, 0.05) is 29.9 Å². The monoisotopic (exact) mass is 375 g/mol. The third kappa shape index (κ3) is 4.89. The van der Waals surface area contributed by atoms with E-state index in [9.17, 15) is 8.42 Å². The van der Waals surface area contributed by atoms with Crippen molar-refractivity contribution < 1.29 is 13.5 Å². The number of aromatic nitrogens is 1. The maximum Gasteiger partial charge on any atom is 0.263 e. The molecule has 0 atom stereocenters. The van der Waals surface area contributed by atoms with Gasteiger partial charge >= 0.3 is 0 Å². The fraction of sp³-hybridized carbons (Fsp3) is 0.357. The third-order valence-electron chi connectivity index (χ3n) is 3.13. The highest BCUT2D eigenvalue weighted by Gasteiger charge is 2.19. The Morgan fingerprint density at radius 3 is 2.87 bits per heavy atom. The summed E-state index contributed by atoms with van der Waals surface area (Å²) in [5.41, 5.74) is 1.30. The molecule has 0 spiro atoms. The van der Waals surface area contributed by atoms with Gasteiger partial charge in [-0.25, -0.2) is 13.4 Å². The van der Waals surface area contributed by atoms with E-state index in [4.69, 9.17) is 16.7 Å². The number of benzene rings is 1. The van der Waals surface area contributed by atoms with Gasteiger partial charge in [-0.2, -0.15) is 0 Å². The molecular weight excluding hydrogens is 358 g/mol. The second-order valence-corrected chi connectivity index (χ2v) is 7.75. The van der Waals surface area contributed by atoms with Gasteiger partial charge in [0.1, 0.15) is 0 Å². The molecule has 0 fully saturated rings. The second kappa shape index (κ2) is 8.07. The summed E-state index contributed by atoms with van der Waals surface area (Å²) in [4.78, 5) is 4.41. The van der Waals surface area contributed by atoms with Crippen LogP contribution in [0.25, 0.3) is 0 Å². The first-order valence-electron chi connectivity index (χ1n) is 6.98. The fourth-order valence-corrected chi connectivity index (χ4v) is 4.43. The zero-order chi connectivity index (χ0) is 16.9. The minimum atomic E-state index is -3.72. The average Bonchev–Trinajstić information content (AvgIpc) is 2.93. The van der Waals surface area contributed by atoms with Crippen molar-refractivity contribution in [1.82, 2.24) is 10.3 Å². The Kier molecular flexibility index (Phi) is 6.37. The van der Waals surface area contributed by atoms with Crippen molar-refractivity contribution in [3.05, 3.63) is 39.9 Å². The highest BCUT2D eigenvalue weighted by molar-refractivity contribution is 7.93. The van der Waals surface area contributed by atoms with Crippen LogP contribution >= 0.6 is 22.9 Å². The Morgan fingerprint density at radius 2 is 2.13 bits per heavy atom. The summed E-state index contributed by atoms with van der Waals surface area (Å²) in [6.07, 6.45) is 0.661. The van der Waals surface area contributed by atoms with Crippen LogP contribution in [0.15, 0.2) is 28.5 Å². The van der Waals surface area contributed by atoms with Crippen molar-refractivity contribution >= 4 is 38.1 Å². The number of nitrogens with one attached hydrogen (secondary N) is 2. The minimum Gasteiger partial charge on any atom is -0.395 e. The Balaban J connectivity index is 2.06. The summed E-state index contributed by atoms with van der Waals surface area (Å²) in [6.45, 7) is 2.94. The van der Waals surface area contributed by atoms with Crippen LogP contribution in [0.5, 0.6) is 0 Å². The average molecular weight is 376 g/mol. The number of hydrogen-bond acceptors (Lipinski definition) is 6. The maximum atomic E-state index is 12.4. The van der Waals surface area contributed by atoms with Gasteiger partial charge in [-0.05, 0) is 24.6 Å². The van der Waals surface area contributed by atoms with Crippen LogP contribution in [0.1, 0.15) is 11.3 Å². The van der Waals surface area contributed by atoms with E-state index in [1.54, 1.807) is 19.1 Å². The zero-order valence-corrected chi connectivity index (χ0v) is 14.9. The first kappa shape index (κ1) is 18.2. The van der Waals surface area contributed by atoms with Crippen molar-refractivity contribution in [1.29, 1.82) is 0 Å². The van der Waals surface area contributed by atoms with E-state index in [1.807, 2.05) is 5.38 Å². The number of thiazole rings is 1. The van der Waals surface area contributed by atoms with Crippen LogP contribution in [0, 0.1) is 6.92 Å². The molecule has 6 nitrogen and oxygen atoms in total. The number of aliphatic hydroxyl groups is 1. The molecule has 0 unspecified atom stereocenters. The van der Waals surface area contributed by atoms with Crippen molar-refractivity contribution in [2.75, 3.05) is 24.4 Å². The maximum absolute atomic E-state index is 12.4. The molecule has 1 heterocycles. The van der Waals surface area contributed by atoms with Crippen molar-refractivity contribution in [2.45, 2.75) is 18.2 Å². The van der Waals surface area contributed by atoms with Crippen LogP contribution in [0.4, 0.5) is 5.13 Å². The molecular formula is C14H18ClN3O3S2. The Labute approximate surface area is 144 Å². The Hall–Kier alpha value is -1.19. The fourth-order valence-electron chi connectivity index (χ4n) is 1.94. The second-order valence-electron chi connectivity index (χ2n) is 4.84. The number of halogens is 1. The first-order chi connectivity index (χ1) is 10.9. The molecule has 23 heavy (non-hydrogen) atoms. The SMILES string of the molecule is Cc1c(Cl)cccc1S(=O)(=O)Nc1nc(CCNCCO)cs1. The van der Waals surface area contributed by atoms with E-state index in [1.165, 1.54) is 17.4 Å². The minimum absolute atomic E-state index is 0.0844. The van der Waals surface area contributed by atoms with Crippen LogP contribution < -0.4 is 10.0 Å². The van der Waals surface area contributed by atoms with Gasteiger partial charge in [0.25, 0.3) is 10.0 Å². The molecule has 126 valence electrons. The lowest BCUT2D eigenvalue weighted by molar-refractivity contribution is 0.292. The standard InChI is InChI=1S/C14H18ClN3O3S2/c1-10-12(15)3-2-4-13(10)23(20,21)18-14-17-11(9-22-14)5-6-16-7-8-19/h2-4,9,16,19H,5-8H2,1H3,(H,17,18). The van der Waals surface area contributed by atoms with Gasteiger partial charge < -0.3 is 10.4 Å². The van der Waals surface area contributed by atoms with Crippen molar-refractivity contribution in [3.63, 3.8) is 0 Å². The summed E-state index contributed by atoms with van der Waals surface area (Å²) in [6, 6.07) is 4.76. The van der Waals surface area contributed by atoms with Gasteiger partial charge in [-0.3, -0.25) is 4.72 Å². The number of anilines is 1.